The highest BCUT2D eigenvalue weighted by Crippen LogP contribution is 2.22. The summed E-state index contributed by atoms with van der Waals surface area (Å²) in [5, 5.41) is 19.7. The molecule has 1 aromatic heterocycles. The van der Waals surface area contributed by atoms with Crippen LogP contribution in [0.4, 0.5) is 15.8 Å². The van der Waals surface area contributed by atoms with Gasteiger partial charge in [0.05, 0.1) is 16.2 Å². The number of nitro groups is 1. The Kier molecular flexibility index (Phi) is 3.47. The number of nitrogens with one attached hydrogen (secondary N) is 2. The molecule has 0 saturated heterocycles. The molecule has 0 aliphatic carbocycles. The third kappa shape index (κ3) is 2.48. The number of halogens is 1. The smallest absolute Gasteiger partial charge is 0.306 e. The number of benzene rings is 1. The highest BCUT2D eigenvalue weighted by molar-refractivity contribution is 6.05. The molecule has 0 saturated carbocycles. The van der Waals surface area contributed by atoms with Gasteiger partial charge in [0.2, 0.25) is 5.82 Å². The molecule has 7 nitrogen and oxygen atoms in total. The maximum absolute atomic E-state index is 13.2. The molecule has 8 heteroatoms. The summed E-state index contributed by atoms with van der Waals surface area (Å²) in [5.41, 5.74) is 0.900. The van der Waals surface area contributed by atoms with Crippen molar-refractivity contribution in [1.29, 1.82) is 0 Å². The van der Waals surface area contributed by atoms with Crippen molar-refractivity contribution in [2.75, 3.05) is 5.32 Å². The van der Waals surface area contributed by atoms with Crippen molar-refractivity contribution in [3.63, 3.8) is 0 Å². The van der Waals surface area contributed by atoms with Crippen LogP contribution in [0.2, 0.25) is 0 Å². The summed E-state index contributed by atoms with van der Waals surface area (Å²) in [6.07, 6.45) is 0. The first-order valence-electron chi connectivity index (χ1n) is 5.67. The molecule has 2 rings (SSSR count). The van der Waals surface area contributed by atoms with Gasteiger partial charge in [-0.05, 0) is 26.0 Å². The molecular weight excluding hydrogens is 267 g/mol. The zero-order valence-corrected chi connectivity index (χ0v) is 10.7. The van der Waals surface area contributed by atoms with Crippen LogP contribution in [0.25, 0.3) is 0 Å². The third-order valence-electron chi connectivity index (χ3n) is 2.76. The van der Waals surface area contributed by atoms with Crippen molar-refractivity contribution in [1.82, 2.24) is 10.2 Å². The van der Waals surface area contributed by atoms with Crippen molar-refractivity contribution in [2.45, 2.75) is 13.8 Å². The standard InChI is InChI=1S/C12H11FN4O3/c1-6-11(7(2)16-15-6)12(18)14-8-3-4-9(13)10(5-8)17(19)20/h3-5H,1-2H3,(H,14,18)(H,15,16). The average molecular weight is 278 g/mol. The van der Waals surface area contributed by atoms with Crippen LogP contribution in [0.15, 0.2) is 18.2 Å². The van der Waals surface area contributed by atoms with Gasteiger partial charge in [0.25, 0.3) is 5.91 Å². The predicted molar refractivity (Wildman–Crippen MR) is 69.1 cm³/mol. The summed E-state index contributed by atoms with van der Waals surface area (Å²) in [6, 6.07) is 3.16. The second kappa shape index (κ2) is 5.08. The number of aryl methyl sites for hydroxylation is 2. The van der Waals surface area contributed by atoms with Crippen molar-refractivity contribution < 1.29 is 14.1 Å². The molecule has 0 spiro atoms. The van der Waals surface area contributed by atoms with E-state index in [4.69, 9.17) is 0 Å². The molecule has 0 aliphatic rings. The van der Waals surface area contributed by atoms with Gasteiger partial charge in [-0.2, -0.15) is 9.49 Å². The zero-order valence-electron chi connectivity index (χ0n) is 10.7. The molecule has 0 radical (unpaired) electrons. The number of nitro benzene ring substituents is 1. The largest absolute Gasteiger partial charge is 0.322 e. The Morgan fingerprint density at radius 3 is 2.70 bits per heavy atom. The van der Waals surface area contributed by atoms with Gasteiger partial charge >= 0.3 is 5.69 Å². The van der Waals surface area contributed by atoms with E-state index < -0.39 is 22.3 Å². The SMILES string of the molecule is Cc1n[nH]c(C)c1C(=O)Nc1ccc(F)c([N+](=O)[O-])c1. The normalized spacial score (nSPS) is 10.3. The van der Waals surface area contributed by atoms with E-state index in [0.717, 1.165) is 12.1 Å². The number of nitrogens with zero attached hydrogens (tertiary/aromatic N) is 2. The molecule has 2 N–H and O–H groups in total. The molecule has 0 aliphatic heterocycles. The molecular formula is C12H11FN4O3. The summed E-state index contributed by atoms with van der Waals surface area (Å²) in [5.74, 6) is -1.42. The summed E-state index contributed by atoms with van der Waals surface area (Å²) in [6.45, 7) is 3.34. The first-order chi connectivity index (χ1) is 9.40. The second-order valence-electron chi connectivity index (χ2n) is 4.19. The Hall–Kier alpha value is -2.77. The first-order valence-corrected chi connectivity index (χ1v) is 5.67. The van der Waals surface area contributed by atoms with Crippen LogP contribution in [0.1, 0.15) is 21.7 Å². The molecule has 2 aromatic rings. The second-order valence-corrected chi connectivity index (χ2v) is 4.19. The van der Waals surface area contributed by atoms with Crippen molar-refractivity contribution >= 4 is 17.3 Å². The Bertz CT molecular complexity index is 677. The van der Waals surface area contributed by atoms with Crippen LogP contribution in [0, 0.1) is 29.8 Å². The van der Waals surface area contributed by atoms with Crippen LogP contribution >= 0.6 is 0 Å². The minimum Gasteiger partial charge on any atom is -0.322 e. The van der Waals surface area contributed by atoms with Gasteiger partial charge in [-0.25, -0.2) is 0 Å². The maximum Gasteiger partial charge on any atom is 0.306 e. The maximum atomic E-state index is 13.2. The molecule has 1 aromatic carbocycles. The van der Waals surface area contributed by atoms with Crippen LogP contribution < -0.4 is 5.32 Å². The van der Waals surface area contributed by atoms with E-state index in [1.807, 2.05) is 0 Å². The molecule has 104 valence electrons. The topological polar surface area (TPSA) is 101 Å². The number of aromatic nitrogens is 2. The fourth-order valence-electron chi connectivity index (χ4n) is 1.81. The number of hydrogen-bond donors (Lipinski definition) is 2. The summed E-state index contributed by atoms with van der Waals surface area (Å²) in [4.78, 5) is 21.8. The van der Waals surface area contributed by atoms with E-state index in [0.29, 0.717) is 17.0 Å². The molecule has 1 heterocycles. The number of anilines is 1. The Morgan fingerprint density at radius 2 is 2.15 bits per heavy atom. The third-order valence-corrected chi connectivity index (χ3v) is 2.76. The summed E-state index contributed by atoms with van der Waals surface area (Å²) in [7, 11) is 0. The monoisotopic (exact) mass is 278 g/mol. The number of carbonyl (C=O) groups is 1. The molecule has 0 unspecified atom stereocenters. The van der Waals surface area contributed by atoms with Crippen LogP contribution in [0.5, 0.6) is 0 Å². The van der Waals surface area contributed by atoms with Gasteiger partial charge in [0, 0.05) is 17.4 Å². The average Bonchev–Trinajstić information content (AvgIpc) is 2.71. The molecule has 20 heavy (non-hydrogen) atoms. The fourth-order valence-corrected chi connectivity index (χ4v) is 1.81. The highest BCUT2D eigenvalue weighted by atomic mass is 19.1. The van der Waals surface area contributed by atoms with Crippen molar-refractivity contribution in [3.8, 4) is 0 Å². The number of carbonyl (C=O) groups excluding carboxylic acids is 1. The minimum atomic E-state index is -0.955. The van der Waals surface area contributed by atoms with Crippen LogP contribution in [0.3, 0.4) is 0 Å². The van der Waals surface area contributed by atoms with E-state index in [-0.39, 0.29) is 5.69 Å². The molecule has 1 amide bonds. The lowest BCUT2D eigenvalue weighted by Gasteiger charge is -2.05. The van der Waals surface area contributed by atoms with Gasteiger partial charge in [-0.15, -0.1) is 0 Å². The number of H-pyrrole nitrogens is 1. The summed E-state index contributed by atoms with van der Waals surface area (Å²) >= 11 is 0. The van der Waals surface area contributed by atoms with Gasteiger partial charge in [-0.1, -0.05) is 0 Å². The Morgan fingerprint density at radius 1 is 1.45 bits per heavy atom. The van der Waals surface area contributed by atoms with Gasteiger partial charge in [0.1, 0.15) is 0 Å². The van der Waals surface area contributed by atoms with E-state index in [1.54, 1.807) is 13.8 Å². The lowest BCUT2D eigenvalue weighted by molar-refractivity contribution is -0.387. The van der Waals surface area contributed by atoms with Crippen LogP contribution in [-0.4, -0.2) is 21.0 Å². The van der Waals surface area contributed by atoms with Crippen molar-refractivity contribution in [2.24, 2.45) is 0 Å². The Balaban J connectivity index is 2.29. The van der Waals surface area contributed by atoms with Crippen LogP contribution in [-0.2, 0) is 0 Å². The molecule has 0 fully saturated rings. The summed E-state index contributed by atoms with van der Waals surface area (Å²) < 4.78 is 13.2. The number of rotatable bonds is 3. The minimum absolute atomic E-state index is 0.142. The number of amides is 1. The quantitative estimate of drug-likeness (QED) is 0.664. The zero-order chi connectivity index (χ0) is 14.9. The number of aromatic amines is 1. The predicted octanol–water partition coefficient (Wildman–Crippen LogP) is 2.33. The van der Waals surface area contributed by atoms with E-state index in [1.165, 1.54) is 6.07 Å². The molecule has 0 bridgehead atoms. The highest BCUT2D eigenvalue weighted by Gasteiger charge is 2.18. The lowest BCUT2D eigenvalue weighted by atomic mass is 10.2. The first kappa shape index (κ1) is 13.7. The van der Waals surface area contributed by atoms with Gasteiger partial charge in [0.15, 0.2) is 0 Å². The lowest BCUT2D eigenvalue weighted by Crippen LogP contribution is -2.14. The van der Waals surface area contributed by atoms with Crippen molar-refractivity contribution in [3.05, 3.63) is 51.1 Å². The van der Waals surface area contributed by atoms with E-state index in [9.17, 15) is 19.3 Å². The van der Waals surface area contributed by atoms with Gasteiger partial charge < -0.3 is 5.32 Å². The molecule has 0 atom stereocenters. The fraction of sp³-hybridized carbons (Fsp3) is 0.167. The van der Waals surface area contributed by atoms with Gasteiger partial charge in [-0.3, -0.25) is 20.0 Å². The van der Waals surface area contributed by atoms with E-state index in [2.05, 4.69) is 15.5 Å². The van der Waals surface area contributed by atoms with E-state index >= 15 is 0 Å². The Labute approximate surface area is 113 Å². The number of hydrogen-bond acceptors (Lipinski definition) is 4.